The quantitative estimate of drug-likeness (QED) is 0.943. The molecule has 0 aliphatic rings. The van der Waals surface area contributed by atoms with Gasteiger partial charge in [-0.1, -0.05) is 23.2 Å². The number of anilines is 1. The average molecular weight is 303 g/mol. The Morgan fingerprint density at radius 3 is 2.83 bits per heavy atom. The highest BCUT2D eigenvalue weighted by Gasteiger charge is 2.11. The molecule has 7 heteroatoms. The van der Waals surface area contributed by atoms with Crippen LogP contribution in [0.5, 0.6) is 0 Å². The van der Waals surface area contributed by atoms with Crippen molar-refractivity contribution in [3.05, 3.63) is 27.0 Å². The molecule has 4 nitrogen and oxygen atoms in total. The Balaban J connectivity index is 2.35. The standard InChI is InChI=1S/C11H12Cl2N4S/c1-17(5-3-14)11-15-4-2-8(16-11)7-6-9(12)18-10(7)13/h2,4,6H,3,5,14H2,1H3. The third-order valence-electron chi connectivity index (χ3n) is 2.38. The zero-order valence-electron chi connectivity index (χ0n) is 9.73. The van der Waals surface area contributed by atoms with Crippen LogP contribution in [0.25, 0.3) is 11.3 Å². The molecule has 0 aromatic carbocycles. The maximum absolute atomic E-state index is 6.11. The molecule has 0 radical (unpaired) electrons. The van der Waals surface area contributed by atoms with Crippen molar-refractivity contribution in [3.63, 3.8) is 0 Å². The van der Waals surface area contributed by atoms with Crippen molar-refractivity contribution in [1.29, 1.82) is 0 Å². The van der Waals surface area contributed by atoms with Crippen molar-refractivity contribution in [1.82, 2.24) is 9.97 Å². The molecule has 0 unspecified atom stereocenters. The van der Waals surface area contributed by atoms with Crippen LogP contribution in [0.4, 0.5) is 5.95 Å². The minimum Gasteiger partial charge on any atom is -0.343 e. The SMILES string of the molecule is CN(CCN)c1nccc(-c2cc(Cl)sc2Cl)n1. The number of likely N-dealkylation sites (N-methyl/N-ethyl adjacent to an activating group) is 1. The fraction of sp³-hybridized carbons (Fsp3) is 0.273. The van der Waals surface area contributed by atoms with Gasteiger partial charge in [0, 0.05) is 31.9 Å². The lowest BCUT2D eigenvalue weighted by Gasteiger charge is -2.15. The zero-order chi connectivity index (χ0) is 13.1. The molecule has 0 bridgehead atoms. The first-order valence-corrected chi connectivity index (χ1v) is 6.88. The van der Waals surface area contributed by atoms with Crippen LogP contribution in [0.1, 0.15) is 0 Å². The molecule has 0 saturated heterocycles. The second kappa shape index (κ2) is 5.84. The van der Waals surface area contributed by atoms with Crippen LogP contribution in [0.3, 0.4) is 0 Å². The van der Waals surface area contributed by atoms with E-state index in [1.165, 1.54) is 11.3 Å². The molecule has 0 aliphatic heterocycles. The Bertz CT molecular complexity index is 544. The number of hydrogen-bond acceptors (Lipinski definition) is 5. The molecule has 0 saturated carbocycles. The summed E-state index contributed by atoms with van der Waals surface area (Å²) in [5.41, 5.74) is 7.10. The molecule has 2 aromatic heterocycles. The maximum atomic E-state index is 6.11. The van der Waals surface area contributed by atoms with Gasteiger partial charge in [-0.05, 0) is 12.1 Å². The van der Waals surface area contributed by atoms with Gasteiger partial charge in [0.1, 0.15) is 4.34 Å². The topological polar surface area (TPSA) is 55.0 Å². The zero-order valence-corrected chi connectivity index (χ0v) is 12.1. The molecule has 96 valence electrons. The van der Waals surface area contributed by atoms with Crippen molar-refractivity contribution in [2.75, 3.05) is 25.0 Å². The van der Waals surface area contributed by atoms with E-state index in [1.807, 2.05) is 24.1 Å². The van der Waals surface area contributed by atoms with Gasteiger partial charge in [-0.15, -0.1) is 11.3 Å². The number of halogens is 2. The molecule has 2 N–H and O–H groups in total. The summed E-state index contributed by atoms with van der Waals surface area (Å²) in [6.07, 6.45) is 1.70. The van der Waals surface area contributed by atoms with Gasteiger partial charge in [0.25, 0.3) is 0 Å². The number of nitrogens with zero attached hydrogens (tertiary/aromatic N) is 3. The fourth-order valence-electron chi connectivity index (χ4n) is 1.49. The van der Waals surface area contributed by atoms with Crippen molar-refractivity contribution in [2.45, 2.75) is 0 Å². The van der Waals surface area contributed by atoms with Gasteiger partial charge >= 0.3 is 0 Å². The largest absolute Gasteiger partial charge is 0.343 e. The molecule has 18 heavy (non-hydrogen) atoms. The lowest BCUT2D eigenvalue weighted by Crippen LogP contribution is -2.26. The van der Waals surface area contributed by atoms with Crippen molar-refractivity contribution in [2.24, 2.45) is 5.73 Å². The molecular weight excluding hydrogens is 291 g/mol. The van der Waals surface area contributed by atoms with E-state index in [0.717, 1.165) is 11.3 Å². The summed E-state index contributed by atoms with van der Waals surface area (Å²) in [6.45, 7) is 1.25. The van der Waals surface area contributed by atoms with Crippen LogP contribution in [-0.2, 0) is 0 Å². The molecular formula is C11H12Cl2N4S. The molecule has 0 atom stereocenters. The van der Waals surface area contributed by atoms with Crippen LogP contribution >= 0.6 is 34.5 Å². The third kappa shape index (κ3) is 2.92. The van der Waals surface area contributed by atoms with Crippen molar-refractivity contribution in [3.8, 4) is 11.3 Å². The van der Waals surface area contributed by atoms with E-state index in [-0.39, 0.29) is 0 Å². The van der Waals surface area contributed by atoms with E-state index in [0.29, 0.717) is 27.7 Å². The second-order valence-corrected chi connectivity index (χ2v) is 5.98. The van der Waals surface area contributed by atoms with Gasteiger partial charge in [0.2, 0.25) is 5.95 Å². The fourth-order valence-corrected chi connectivity index (χ4v) is 2.97. The van der Waals surface area contributed by atoms with E-state index in [9.17, 15) is 0 Å². The number of rotatable bonds is 4. The molecule has 0 spiro atoms. The van der Waals surface area contributed by atoms with Crippen molar-refractivity contribution >= 4 is 40.5 Å². The Morgan fingerprint density at radius 2 is 2.22 bits per heavy atom. The molecule has 2 aromatic rings. The molecule has 0 amide bonds. The predicted molar refractivity (Wildman–Crippen MR) is 77.7 cm³/mol. The summed E-state index contributed by atoms with van der Waals surface area (Å²) in [5.74, 6) is 0.622. The minimum atomic E-state index is 0.551. The average Bonchev–Trinajstić information content (AvgIpc) is 2.69. The van der Waals surface area contributed by atoms with E-state index < -0.39 is 0 Å². The molecule has 2 rings (SSSR count). The van der Waals surface area contributed by atoms with E-state index in [4.69, 9.17) is 28.9 Å². The highest BCUT2D eigenvalue weighted by atomic mass is 35.5. The first-order chi connectivity index (χ1) is 8.61. The summed E-state index contributed by atoms with van der Waals surface area (Å²) in [7, 11) is 1.90. The van der Waals surface area contributed by atoms with Crippen LogP contribution < -0.4 is 10.6 Å². The van der Waals surface area contributed by atoms with Crippen LogP contribution in [0.15, 0.2) is 18.3 Å². The Hall–Kier alpha value is -0.880. The monoisotopic (exact) mass is 302 g/mol. The van der Waals surface area contributed by atoms with Gasteiger partial charge in [-0.25, -0.2) is 9.97 Å². The highest BCUT2D eigenvalue weighted by molar-refractivity contribution is 7.20. The second-order valence-electron chi connectivity index (χ2n) is 3.69. The smallest absolute Gasteiger partial charge is 0.225 e. The number of thiophene rings is 1. The van der Waals surface area contributed by atoms with Crippen LogP contribution in [0.2, 0.25) is 8.67 Å². The minimum absolute atomic E-state index is 0.551. The molecule has 0 aliphatic carbocycles. The number of nitrogens with two attached hydrogens (primary N) is 1. The lowest BCUT2D eigenvalue weighted by molar-refractivity contribution is 0.847. The maximum Gasteiger partial charge on any atom is 0.225 e. The number of hydrogen-bond donors (Lipinski definition) is 1. The van der Waals surface area contributed by atoms with Crippen molar-refractivity contribution < 1.29 is 0 Å². The van der Waals surface area contributed by atoms with Gasteiger partial charge in [-0.3, -0.25) is 0 Å². The highest BCUT2D eigenvalue weighted by Crippen LogP contribution is 2.37. The third-order valence-corrected chi connectivity index (χ3v) is 3.87. The summed E-state index contributed by atoms with van der Waals surface area (Å²) in [4.78, 5) is 10.6. The van der Waals surface area contributed by atoms with Gasteiger partial charge in [0.05, 0.1) is 10.0 Å². The van der Waals surface area contributed by atoms with Gasteiger partial charge in [0.15, 0.2) is 0 Å². The van der Waals surface area contributed by atoms with E-state index in [1.54, 1.807) is 6.20 Å². The predicted octanol–water partition coefficient (Wildman–Crippen LogP) is 2.91. The van der Waals surface area contributed by atoms with E-state index in [2.05, 4.69) is 9.97 Å². The summed E-state index contributed by atoms with van der Waals surface area (Å²) < 4.78 is 1.27. The van der Waals surface area contributed by atoms with Crippen LogP contribution in [-0.4, -0.2) is 30.1 Å². The molecule has 0 fully saturated rings. The molecule has 2 heterocycles. The number of aromatic nitrogens is 2. The summed E-state index contributed by atoms with van der Waals surface area (Å²) >= 11 is 13.4. The summed E-state index contributed by atoms with van der Waals surface area (Å²) in [6, 6.07) is 3.62. The first-order valence-electron chi connectivity index (χ1n) is 5.31. The van der Waals surface area contributed by atoms with Crippen LogP contribution in [0, 0.1) is 0 Å². The van der Waals surface area contributed by atoms with Gasteiger partial charge in [-0.2, -0.15) is 0 Å². The Kier molecular flexibility index (Phi) is 4.40. The Morgan fingerprint density at radius 1 is 1.44 bits per heavy atom. The van der Waals surface area contributed by atoms with Gasteiger partial charge < -0.3 is 10.6 Å². The summed E-state index contributed by atoms with van der Waals surface area (Å²) in [5, 5.41) is 0. The first kappa shape index (κ1) is 13.5. The Labute approximate surface area is 119 Å². The normalized spacial score (nSPS) is 10.7. The van der Waals surface area contributed by atoms with E-state index >= 15 is 0 Å². The lowest BCUT2D eigenvalue weighted by atomic mass is 10.2.